The number of rotatable bonds is 17. The standard InChI is InChI=1S/C35H44N2O9/c1-21(2)16-29(34(40)41)45-35(42)23(4)19-36-33(39)26(17-24-14-15-27-28(18-24)44-20-43-27)37-30(38)13-9-8-10-22(3)31-32(46-31)25-11-6-5-7-12-25/h5-7,9,11-15,18,21-23,26,29,31-32H,8,10,16-17,19-20H2,1-4H3,(H,36,39)(H,37,38)(H,40,41)/b13-9+/t22-,23?,26+,29-,31+,32+/m0/s1. The van der Waals surface area contributed by atoms with E-state index in [1.807, 2.05) is 32.0 Å². The van der Waals surface area contributed by atoms with Gasteiger partial charge in [-0.25, -0.2) is 4.79 Å². The van der Waals surface area contributed by atoms with Gasteiger partial charge in [-0.3, -0.25) is 14.4 Å². The highest BCUT2D eigenvalue weighted by molar-refractivity contribution is 5.93. The Bertz CT molecular complexity index is 1390. The lowest BCUT2D eigenvalue weighted by Gasteiger charge is -2.21. The second kappa shape index (κ2) is 16.3. The lowest BCUT2D eigenvalue weighted by atomic mass is 9.97. The second-order valence-electron chi connectivity index (χ2n) is 12.4. The lowest BCUT2D eigenvalue weighted by molar-refractivity contribution is -0.167. The molecule has 2 amide bonds. The first-order valence-corrected chi connectivity index (χ1v) is 15.8. The normalized spacial score (nSPS) is 19.2. The van der Waals surface area contributed by atoms with Gasteiger partial charge in [0, 0.05) is 13.0 Å². The monoisotopic (exact) mass is 636 g/mol. The summed E-state index contributed by atoms with van der Waals surface area (Å²) in [6.45, 7) is 7.36. The van der Waals surface area contributed by atoms with Gasteiger partial charge in [0.25, 0.3) is 0 Å². The van der Waals surface area contributed by atoms with E-state index < -0.39 is 41.8 Å². The van der Waals surface area contributed by atoms with Crippen molar-refractivity contribution in [2.75, 3.05) is 13.3 Å². The van der Waals surface area contributed by atoms with Gasteiger partial charge in [0.1, 0.15) is 12.1 Å². The number of carboxylic acid groups (broad SMARTS) is 1. The average molecular weight is 637 g/mol. The highest BCUT2D eigenvalue weighted by Gasteiger charge is 2.43. The minimum absolute atomic E-state index is 0.0149. The molecular weight excluding hydrogens is 592 g/mol. The number of carboxylic acids is 1. The third-order valence-electron chi connectivity index (χ3n) is 7.99. The third kappa shape index (κ3) is 10.1. The lowest BCUT2D eigenvalue weighted by Crippen LogP contribution is -2.49. The number of amides is 2. The average Bonchev–Trinajstić information content (AvgIpc) is 3.70. The highest BCUT2D eigenvalue weighted by Crippen LogP contribution is 2.44. The number of hydrogen-bond donors (Lipinski definition) is 3. The summed E-state index contributed by atoms with van der Waals surface area (Å²) in [5.41, 5.74) is 1.91. The van der Waals surface area contributed by atoms with E-state index in [0.29, 0.717) is 23.8 Å². The van der Waals surface area contributed by atoms with Crippen LogP contribution in [0.1, 0.15) is 64.2 Å². The maximum Gasteiger partial charge on any atom is 0.345 e. The molecule has 248 valence electrons. The summed E-state index contributed by atoms with van der Waals surface area (Å²) in [6.07, 6.45) is 4.07. The fourth-order valence-corrected chi connectivity index (χ4v) is 5.26. The van der Waals surface area contributed by atoms with E-state index in [9.17, 15) is 24.3 Å². The number of aliphatic carboxylic acids is 1. The zero-order valence-electron chi connectivity index (χ0n) is 26.8. The van der Waals surface area contributed by atoms with Crippen LogP contribution >= 0.6 is 0 Å². The maximum absolute atomic E-state index is 13.3. The quantitative estimate of drug-likeness (QED) is 0.131. The minimum atomic E-state index is -1.26. The Kier molecular flexibility index (Phi) is 12.2. The Morgan fingerprint density at radius 2 is 1.76 bits per heavy atom. The number of benzene rings is 2. The number of carbonyl (C=O) groups is 4. The van der Waals surface area contributed by atoms with Gasteiger partial charge >= 0.3 is 11.9 Å². The van der Waals surface area contributed by atoms with E-state index in [4.69, 9.17) is 18.9 Å². The van der Waals surface area contributed by atoms with E-state index in [-0.39, 0.29) is 44.3 Å². The molecular formula is C35H44N2O9. The van der Waals surface area contributed by atoms with Crippen molar-refractivity contribution in [3.8, 4) is 11.5 Å². The molecule has 0 bridgehead atoms. The van der Waals surface area contributed by atoms with Crippen LogP contribution in [-0.4, -0.2) is 60.4 Å². The first-order valence-electron chi connectivity index (χ1n) is 15.8. The van der Waals surface area contributed by atoms with Gasteiger partial charge in [-0.1, -0.05) is 70.2 Å². The van der Waals surface area contributed by atoms with Crippen molar-refractivity contribution in [2.24, 2.45) is 17.8 Å². The number of fused-ring (bicyclic) bond motifs is 1. The van der Waals surface area contributed by atoms with Gasteiger partial charge < -0.3 is 34.7 Å². The fourth-order valence-electron chi connectivity index (χ4n) is 5.26. The number of ether oxygens (including phenoxy) is 4. The van der Waals surface area contributed by atoms with Crippen molar-refractivity contribution in [2.45, 2.75) is 77.7 Å². The van der Waals surface area contributed by atoms with Crippen molar-refractivity contribution >= 4 is 23.8 Å². The van der Waals surface area contributed by atoms with Crippen LogP contribution in [0.5, 0.6) is 11.5 Å². The summed E-state index contributed by atoms with van der Waals surface area (Å²) in [7, 11) is 0. The third-order valence-corrected chi connectivity index (χ3v) is 7.99. The van der Waals surface area contributed by atoms with Crippen LogP contribution in [0, 0.1) is 17.8 Å². The molecule has 2 aliphatic rings. The Hall–Kier alpha value is -4.38. The summed E-state index contributed by atoms with van der Waals surface area (Å²) in [4.78, 5) is 50.3. The van der Waals surface area contributed by atoms with Crippen LogP contribution in [-0.2, 0) is 35.1 Å². The molecule has 1 saturated heterocycles. The van der Waals surface area contributed by atoms with E-state index in [0.717, 1.165) is 12.0 Å². The summed E-state index contributed by atoms with van der Waals surface area (Å²) in [6, 6.07) is 14.4. The molecule has 0 aliphatic carbocycles. The molecule has 2 aromatic rings. The molecule has 6 atom stereocenters. The van der Waals surface area contributed by atoms with Crippen LogP contribution in [0.2, 0.25) is 0 Å². The summed E-state index contributed by atoms with van der Waals surface area (Å²) in [5.74, 6) is -2.20. The van der Waals surface area contributed by atoms with E-state index >= 15 is 0 Å². The van der Waals surface area contributed by atoms with E-state index in [1.54, 1.807) is 31.2 Å². The summed E-state index contributed by atoms with van der Waals surface area (Å²) >= 11 is 0. The molecule has 0 saturated carbocycles. The molecule has 0 spiro atoms. The van der Waals surface area contributed by atoms with Crippen molar-refractivity contribution in [3.05, 3.63) is 71.8 Å². The molecule has 2 heterocycles. The Morgan fingerprint density at radius 1 is 1.02 bits per heavy atom. The van der Waals surface area contributed by atoms with Crippen molar-refractivity contribution in [1.29, 1.82) is 0 Å². The Labute approximate surface area is 269 Å². The fraction of sp³-hybridized carbons (Fsp3) is 0.486. The minimum Gasteiger partial charge on any atom is -0.479 e. The molecule has 1 unspecified atom stereocenters. The smallest absolute Gasteiger partial charge is 0.345 e. The van der Waals surface area contributed by atoms with E-state index in [2.05, 4.69) is 29.7 Å². The van der Waals surface area contributed by atoms with Crippen LogP contribution in [0.25, 0.3) is 0 Å². The highest BCUT2D eigenvalue weighted by atomic mass is 16.7. The number of carbonyl (C=O) groups excluding carboxylic acids is 3. The topological polar surface area (TPSA) is 153 Å². The van der Waals surface area contributed by atoms with Crippen LogP contribution in [0.3, 0.4) is 0 Å². The molecule has 1 fully saturated rings. The zero-order chi connectivity index (χ0) is 33.2. The van der Waals surface area contributed by atoms with Gasteiger partial charge in [-0.15, -0.1) is 0 Å². The largest absolute Gasteiger partial charge is 0.479 e. The SMILES string of the molecule is CC(C)C[C@H](OC(=O)C(C)CNC(=O)[C@@H](Cc1ccc2c(c1)OCO2)NC(=O)/C=C/CC[C@H](C)[C@H]1O[C@@H]1c1ccccc1)C(=O)O. The van der Waals surface area contributed by atoms with Gasteiger partial charge in [0.2, 0.25) is 18.6 Å². The number of epoxide rings is 1. The molecule has 0 aromatic heterocycles. The Morgan fingerprint density at radius 3 is 2.48 bits per heavy atom. The first kappa shape index (κ1) is 34.5. The molecule has 2 aliphatic heterocycles. The number of nitrogens with one attached hydrogen (secondary N) is 2. The summed E-state index contributed by atoms with van der Waals surface area (Å²) < 4.78 is 21.9. The predicted octanol–water partition coefficient (Wildman–Crippen LogP) is 4.35. The van der Waals surface area contributed by atoms with Gasteiger partial charge in [0.05, 0.1) is 12.0 Å². The first-order chi connectivity index (χ1) is 22.0. The van der Waals surface area contributed by atoms with Gasteiger partial charge in [-0.05, 0) is 60.4 Å². The molecule has 0 radical (unpaired) electrons. The zero-order valence-corrected chi connectivity index (χ0v) is 26.8. The molecule has 11 heteroatoms. The molecule has 11 nitrogen and oxygen atoms in total. The van der Waals surface area contributed by atoms with Crippen molar-refractivity contribution in [3.63, 3.8) is 0 Å². The van der Waals surface area contributed by atoms with Crippen LogP contribution in [0.4, 0.5) is 0 Å². The summed E-state index contributed by atoms with van der Waals surface area (Å²) in [5, 5.41) is 14.9. The van der Waals surface area contributed by atoms with Crippen LogP contribution in [0.15, 0.2) is 60.7 Å². The Balaban J connectivity index is 1.31. The molecule has 3 N–H and O–H groups in total. The second-order valence-corrected chi connectivity index (χ2v) is 12.4. The maximum atomic E-state index is 13.3. The molecule has 2 aromatic carbocycles. The van der Waals surface area contributed by atoms with Crippen molar-refractivity contribution < 1.29 is 43.2 Å². The van der Waals surface area contributed by atoms with Crippen LogP contribution < -0.4 is 20.1 Å². The molecule has 4 rings (SSSR count). The number of esters is 1. The number of allylic oxidation sites excluding steroid dienone is 1. The van der Waals surface area contributed by atoms with Gasteiger partial charge in [-0.2, -0.15) is 0 Å². The molecule has 46 heavy (non-hydrogen) atoms. The van der Waals surface area contributed by atoms with Crippen molar-refractivity contribution in [1.82, 2.24) is 10.6 Å². The predicted molar refractivity (Wildman–Crippen MR) is 169 cm³/mol. The van der Waals surface area contributed by atoms with Gasteiger partial charge in [0.15, 0.2) is 17.6 Å². The number of hydrogen-bond acceptors (Lipinski definition) is 8. The van der Waals surface area contributed by atoms with E-state index in [1.165, 1.54) is 11.6 Å².